The van der Waals surface area contributed by atoms with Crippen molar-refractivity contribution in [2.24, 2.45) is 5.92 Å². The molecule has 1 unspecified atom stereocenters. The van der Waals surface area contributed by atoms with Crippen LogP contribution in [0.1, 0.15) is 20.8 Å². The molecule has 13 heavy (non-hydrogen) atoms. The molecule has 0 spiro atoms. The number of rotatable bonds is 3. The van der Waals surface area contributed by atoms with E-state index in [0.717, 1.165) is 5.03 Å². The van der Waals surface area contributed by atoms with Crippen molar-refractivity contribution in [1.82, 2.24) is 10.2 Å². The van der Waals surface area contributed by atoms with Crippen LogP contribution in [0.5, 0.6) is 0 Å². The summed E-state index contributed by atoms with van der Waals surface area (Å²) in [6.45, 7) is 6.58. The molecular formula is C9H13ClN2S. The highest BCUT2D eigenvalue weighted by Crippen LogP contribution is 2.25. The molecule has 1 rings (SSSR count). The van der Waals surface area contributed by atoms with Crippen LogP contribution >= 0.6 is 23.4 Å². The molecule has 4 heteroatoms. The topological polar surface area (TPSA) is 25.8 Å². The molecule has 0 bridgehead atoms. The van der Waals surface area contributed by atoms with Crippen molar-refractivity contribution in [2.45, 2.75) is 31.0 Å². The fraction of sp³-hybridized carbons (Fsp3) is 0.556. The van der Waals surface area contributed by atoms with Gasteiger partial charge in [-0.3, -0.25) is 0 Å². The molecule has 2 nitrogen and oxygen atoms in total. The third-order valence-corrected chi connectivity index (χ3v) is 3.43. The Morgan fingerprint density at radius 1 is 1.23 bits per heavy atom. The maximum Gasteiger partial charge on any atom is 0.151 e. The Kier molecular flexibility index (Phi) is 4.00. The summed E-state index contributed by atoms with van der Waals surface area (Å²) in [7, 11) is 0. The SMILES string of the molecule is CC(C)C(C)Sc1ccc(Cl)nn1. The van der Waals surface area contributed by atoms with Gasteiger partial charge in [-0.05, 0) is 18.1 Å². The molecule has 0 saturated carbocycles. The molecule has 0 amide bonds. The molecule has 0 aliphatic carbocycles. The Bertz CT molecular complexity index is 261. The zero-order chi connectivity index (χ0) is 9.84. The van der Waals surface area contributed by atoms with E-state index in [4.69, 9.17) is 11.6 Å². The van der Waals surface area contributed by atoms with Crippen molar-refractivity contribution >= 4 is 23.4 Å². The summed E-state index contributed by atoms with van der Waals surface area (Å²) in [6, 6.07) is 3.67. The molecule has 1 atom stereocenters. The highest BCUT2D eigenvalue weighted by Gasteiger charge is 2.09. The van der Waals surface area contributed by atoms with Crippen LogP contribution in [0.4, 0.5) is 0 Å². The minimum absolute atomic E-state index is 0.446. The minimum Gasteiger partial charge on any atom is -0.143 e. The largest absolute Gasteiger partial charge is 0.151 e. The average molecular weight is 217 g/mol. The van der Waals surface area contributed by atoms with Crippen LogP contribution in [0, 0.1) is 5.92 Å². The molecule has 0 saturated heterocycles. The second kappa shape index (κ2) is 4.82. The van der Waals surface area contributed by atoms with E-state index in [1.54, 1.807) is 17.8 Å². The quantitative estimate of drug-likeness (QED) is 0.726. The predicted octanol–water partition coefficient (Wildman–Crippen LogP) is 3.27. The molecule has 1 heterocycles. The lowest BCUT2D eigenvalue weighted by Gasteiger charge is -2.13. The summed E-state index contributed by atoms with van der Waals surface area (Å²) in [6.07, 6.45) is 0. The van der Waals surface area contributed by atoms with Crippen LogP contribution in [-0.4, -0.2) is 15.4 Å². The van der Waals surface area contributed by atoms with Crippen molar-refractivity contribution in [1.29, 1.82) is 0 Å². The first kappa shape index (κ1) is 10.8. The van der Waals surface area contributed by atoms with Gasteiger partial charge in [0.25, 0.3) is 0 Å². The summed E-state index contributed by atoms with van der Waals surface area (Å²) in [5, 5.41) is 9.70. The van der Waals surface area contributed by atoms with Crippen LogP contribution in [0.2, 0.25) is 5.15 Å². The van der Waals surface area contributed by atoms with Crippen molar-refractivity contribution in [3.8, 4) is 0 Å². The lowest BCUT2D eigenvalue weighted by molar-refractivity contribution is 0.641. The van der Waals surface area contributed by atoms with Gasteiger partial charge in [-0.1, -0.05) is 32.4 Å². The van der Waals surface area contributed by atoms with Gasteiger partial charge in [0.05, 0.1) is 0 Å². The van der Waals surface area contributed by atoms with Gasteiger partial charge in [-0.2, -0.15) is 0 Å². The molecule has 0 radical (unpaired) electrons. The number of aromatic nitrogens is 2. The standard InChI is InChI=1S/C9H13ClN2S/c1-6(2)7(3)13-9-5-4-8(10)11-12-9/h4-7H,1-3H3. The first-order valence-corrected chi connectivity index (χ1v) is 5.51. The van der Waals surface area contributed by atoms with Crippen LogP contribution in [0.15, 0.2) is 17.2 Å². The number of hydrogen-bond donors (Lipinski definition) is 0. The summed E-state index contributed by atoms with van der Waals surface area (Å²) < 4.78 is 0. The van der Waals surface area contributed by atoms with E-state index < -0.39 is 0 Å². The van der Waals surface area contributed by atoms with Crippen molar-refractivity contribution in [2.75, 3.05) is 0 Å². The third kappa shape index (κ3) is 3.53. The Hall–Kier alpha value is -0.280. The molecule has 0 aliphatic rings. The number of thioether (sulfide) groups is 1. The van der Waals surface area contributed by atoms with E-state index in [0.29, 0.717) is 16.3 Å². The monoisotopic (exact) mass is 216 g/mol. The van der Waals surface area contributed by atoms with E-state index in [-0.39, 0.29) is 0 Å². The van der Waals surface area contributed by atoms with Crippen molar-refractivity contribution in [3.63, 3.8) is 0 Å². The zero-order valence-electron chi connectivity index (χ0n) is 7.99. The van der Waals surface area contributed by atoms with Crippen LogP contribution in [-0.2, 0) is 0 Å². The van der Waals surface area contributed by atoms with Gasteiger partial charge in [0.2, 0.25) is 0 Å². The highest BCUT2D eigenvalue weighted by atomic mass is 35.5. The Balaban J connectivity index is 2.59. The molecular weight excluding hydrogens is 204 g/mol. The summed E-state index contributed by atoms with van der Waals surface area (Å²) in [5.41, 5.74) is 0. The van der Waals surface area contributed by atoms with Crippen LogP contribution in [0.25, 0.3) is 0 Å². The fourth-order valence-corrected chi connectivity index (χ4v) is 1.68. The third-order valence-electron chi connectivity index (χ3n) is 1.85. The molecule has 0 fully saturated rings. The van der Waals surface area contributed by atoms with E-state index in [1.165, 1.54) is 0 Å². The lowest BCUT2D eigenvalue weighted by Crippen LogP contribution is -2.05. The maximum absolute atomic E-state index is 5.63. The minimum atomic E-state index is 0.446. The van der Waals surface area contributed by atoms with Gasteiger partial charge in [-0.25, -0.2) is 0 Å². The maximum atomic E-state index is 5.63. The van der Waals surface area contributed by atoms with E-state index in [1.807, 2.05) is 6.07 Å². The Morgan fingerprint density at radius 2 is 1.92 bits per heavy atom. The van der Waals surface area contributed by atoms with Gasteiger partial charge < -0.3 is 0 Å². The Morgan fingerprint density at radius 3 is 2.38 bits per heavy atom. The molecule has 0 aliphatic heterocycles. The van der Waals surface area contributed by atoms with Crippen molar-refractivity contribution < 1.29 is 0 Å². The molecule has 1 aromatic rings. The van der Waals surface area contributed by atoms with Crippen LogP contribution < -0.4 is 0 Å². The van der Waals surface area contributed by atoms with E-state index in [2.05, 4.69) is 31.0 Å². The number of hydrogen-bond acceptors (Lipinski definition) is 3. The summed E-state index contributed by atoms with van der Waals surface area (Å²) >= 11 is 7.36. The predicted molar refractivity (Wildman–Crippen MR) is 57.2 cm³/mol. The van der Waals surface area contributed by atoms with E-state index >= 15 is 0 Å². The highest BCUT2D eigenvalue weighted by molar-refractivity contribution is 7.99. The smallest absolute Gasteiger partial charge is 0.143 e. The summed E-state index contributed by atoms with van der Waals surface area (Å²) in [4.78, 5) is 0. The second-order valence-electron chi connectivity index (χ2n) is 3.26. The van der Waals surface area contributed by atoms with Gasteiger partial charge >= 0.3 is 0 Å². The van der Waals surface area contributed by atoms with Gasteiger partial charge in [0.1, 0.15) is 5.03 Å². The van der Waals surface area contributed by atoms with Crippen LogP contribution in [0.3, 0.4) is 0 Å². The summed E-state index contributed by atoms with van der Waals surface area (Å²) in [5.74, 6) is 0.641. The van der Waals surface area contributed by atoms with E-state index in [9.17, 15) is 0 Å². The second-order valence-corrected chi connectivity index (χ2v) is 5.05. The average Bonchev–Trinajstić information content (AvgIpc) is 2.08. The fourth-order valence-electron chi connectivity index (χ4n) is 0.693. The number of halogens is 1. The molecule has 0 aromatic carbocycles. The van der Waals surface area contributed by atoms with Gasteiger partial charge in [0, 0.05) is 5.25 Å². The van der Waals surface area contributed by atoms with Gasteiger partial charge in [-0.15, -0.1) is 22.0 Å². The zero-order valence-corrected chi connectivity index (χ0v) is 9.56. The lowest BCUT2D eigenvalue weighted by atomic mass is 10.2. The Labute approximate surface area is 88.1 Å². The van der Waals surface area contributed by atoms with Gasteiger partial charge in [0.15, 0.2) is 5.15 Å². The molecule has 0 N–H and O–H groups in total. The molecule has 1 aromatic heterocycles. The first-order valence-electron chi connectivity index (χ1n) is 4.25. The first-order chi connectivity index (χ1) is 6.09. The number of nitrogens with zero attached hydrogens (tertiary/aromatic N) is 2. The molecule has 72 valence electrons. The normalized spacial score (nSPS) is 13.3. The van der Waals surface area contributed by atoms with Crippen molar-refractivity contribution in [3.05, 3.63) is 17.3 Å².